The molecule has 0 fully saturated rings. The van der Waals surface area contributed by atoms with Gasteiger partial charge in [-0.1, -0.05) is 0 Å². The molecule has 1 aromatic carbocycles. The molecule has 0 saturated carbocycles. The van der Waals surface area contributed by atoms with E-state index in [2.05, 4.69) is 35.8 Å². The van der Waals surface area contributed by atoms with Crippen LogP contribution >= 0.6 is 0 Å². The molecular formula is C15H11N7O. The number of pyridine rings is 1. The van der Waals surface area contributed by atoms with Crippen LogP contribution in [0.15, 0.2) is 54.9 Å². The Morgan fingerprint density at radius 3 is 2.39 bits per heavy atom. The van der Waals surface area contributed by atoms with Crippen molar-refractivity contribution in [3.05, 3.63) is 54.9 Å². The van der Waals surface area contributed by atoms with Gasteiger partial charge in [-0.15, -0.1) is 10.2 Å². The number of hydrogen-bond donors (Lipinski definition) is 2. The zero-order valence-corrected chi connectivity index (χ0v) is 11.8. The van der Waals surface area contributed by atoms with Gasteiger partial charge in [0.25, 0.3) is 0 Å². The Morgan fingerprint density at radius 1 is 0.870 bits per heavy atom. The van der Waals surface area contributed by atoms with E-state index in [-0.39, 0.29) is 0 Å². The average molecular weight is 305 g/mol. The molecular weight excluding hydrogens is 294 g/mol. The van der Waals surface area contributed by atoms with Crippen molar-refractivity contribution >= 4 is 0 Å². The highest BCUT2D eigenvalue weighted by Gasteiger charge is 2.05. The van der Waals surface area contributed by atoms with Gasteiger partial charge in [0.15, 0.2) is 0 Å². The van der Waals surface area contributed by atoms with Crippen LogP contribution in [0, 0.1) is 0 Å². The third-order valence-electron chi connectivity index (χ3n) is 3.21. The number of ether oxygens (including phenoxy) is 1. The van der Waals surface area contributed by atoms with Gasteiger partial charge < -0.3 is 4.74 Å². The number of aromatic nitrogens is 7. The number of tetrazole rings is 1. The first kappa shape index (κ1) is 13.1. The van der Waals surface area contributed by atoms with Crippen LogP contribution in [0.4, 0.5) is 0 Å². The third kappa shape index (κ3) is 2.77. The van der Waals surface area contributed by atoms with E-state index < -0.39 is 0 Å². The van der Waals surface area contributed by atoms with Gasteiger partial charge >= 0.3 is 0 Å². The monoisotopic (exact) mass is 305 g/mol. The van der Waals surface area contributed by atoms with Gasteiger partial charge in [-0.25, -0.2) is 4.98 Å². The predicted octanol–water partition coefficient (Wildman–Crippen LogP) is 2.44. The molecule has 0 spiro atoms. The first-order chi connectivity index (χ1) is 11.4. The molecule has 8 nitrogen and oxygen atoms in total. The summed E-state index contributed by atoms with van der Waals surface area (Å²) in [6, 6.07) is 13.0. The second-order valence-corrected chi connectivity index (χ2v) is 4.71. The van der Waals surface area contributed by atoms with Crippen molar-refractivity contribution in [3.63, 3.8) is 0 Å². The number of nitrogens with one attached hydrogen (secondary N) is 2. The zero-order chi connectivity index (χ0) is 15.5. The van der Waals surface area contributed by atoms with Crippen LogP contribution in [-0.2, 0) is 0 Å². The Bertz CT molecular complexity index is 793. The standard InChI is InChI=1S/C15H11N7O/c1-4-12(5-2-10(1)15-19-21-22-20-15)23-14-6-3-11(9-16-14)13-7-8-17-18-13/h1-9H,(H,17,18)(H,19,20,21,22). The number of hydrogen-bond acceptors (Lipinski definition) is 6. The third-order valence-corrected chi connectivity index (χ3v) is 3.21. The van der Waals surface area contributed by atoms with Crippen molar-refractivity contribution in [1.82, 2.24) is 35.8 Å². The van der Waals surface area contributed by atoms with Gasteiger partial charge in [-0.05, 0) is 41.6 Å². The van der Waals surface area contributed by atoms with Crippen LogP contribution in [0.25, 0.3) is 22.6 Å². The van der Waals surface area contributed by atoms with Crippen molar-refractivity contribution in [3.8, 4) is 34.3 Å². The van der Waals surface area contributed by atoms with Gasteiger partial charge in [0.1, 0.15) is 5.75 Å². The molecule has 0 unspecified atom stereocenters. The molecule has 4 aromatic rings. The number of nitrogens with zero attached hydrogens (tertiary/aromatic N) is 5. The summed E-state index contributed by atoms with van der Waals surface area (Å²) in [5, 5.41) is 20.7. The maximum atomic E-state index is 5.72. The van der Waals surface area contributed by atoms with Crippen LogP contribution in [0.1, 0.15) is 0 Å². The van der Waals surface area contributed by atoms with E-state index in [0.29, 0.717) is 17.5 Å². The number of rotatable bonds is 4. The SMILES string of the molecule is c1cc(-c2ccc(Oc3ccc(-c4nn[nH]n4)cc3)nc2)n[nH]1. The molecule has 0 aliphatic heterocycles. The molecule has 8 heteroatoms. The smallest absolute Gasteiger partial charge is 0.219 e. The number of aromatic amines is 2. The first-order valence-electron chi connectivity index (χ1n) is 6.86. The molecule has 23 heavy (non-hydrogen) atoms. The van der Waals surface area contributed by atoms with Crippen molar-refractivity contribution in [1.29, 1.82) is 0 Å². The fraction of sp³-hybridized carbons (Fsp3) is 0. The fourth-order valence-corrected chi connectivity index (χ4v) is 2.09. The maximum absolute atomic E-state index is 5.72. The lowest BCUT2D eigenvalue weighted by atomic mass is 10.2. The summed E-state index contributed by atoms with van der Waals surface area (Å²) in [6.07, 6.45) is 3.49. The first-order valence-corrected chi connectivity index (χ1v) is 6.86. The van der Waals surface area contributed by atoms with Gasteiger partial charge in [-0.2, -0.15) is 10.3 Å². The molecule has 0 atom stereocenters. The molecule has 3 aromatic heterocycles. The van der Waals surface area contributed by atoms with Crippen molar-refractivity contribution in [2.24, 2.45) is 0 Å². The van der Waals surface area contributed by atoms with E-state index in [1.54, 1.807) is 18.5 Å². The summed E-state index contributed by atoms with van der Waals surface area (Å²) in [7, 11) is 0. The second kappa shape index (κ2) is 5.68. The second-order valence-electron chi connectivity index (χ2n) is 4.71. The van der Waals surface area contributed by atoms with Gasteiger partial charge in [0.05, 0.1) is 5.69 Å². The quantitative estimate of drug-likeness (QED) is 0.600. The van der Waals surface area contributed by atoms with Crippen LogP contribution in [-0.4, -0.2) is 35.8 Å². The molecule has 4 rings (SSSR count). The van der Waals surface area contributed by atoms with Crippen molar-refractivity contribution < 1.29 is 4.74 Å². The van der Waals surface area contributed by atoms with Gasteiger partial charge in [0.2, 0.25) is 11.7 Å². The van der Waals surface area contributed by atoms with E-state index in [4.69, 9.17) is 4.74 Å². The van der Waals surface area contributed by atoms with E-state index in [1.807, 2.05) is 36.4 Å². The predicted molar refractivity (Wildman–Crippen MR) is 81.5 cm³/mol. The van der Waals surface area contributed by atoms with Crippen LogP contribution < -0.4 is 4.74 Å². The average Bonchev–Trinajstić information content (AvgIpc) is 3.30. The maximum Gasteiger partial charge on any atom is 0.219 e. The summed E-state index contributed by atoms with van der Waals surface area (Å²) < 4.78 is 5.72. The summed E-state index contributed by atoms with van der Waals surface area (Å²) in [5.74, 6) is 1.73. The van der Waals surface area contributed by atoms with Crippen LogP contribution in [0.3, 0.4) is 0 Å². The molecule has 0 amide bonds. The van der Waals surface area contributed by atoms with Gasteiger partial charge in [-0.3, -0.25) is 5.10 Å². The topological polar surface area (TPSA) is 105 Å². The Hall–Kier alpha value is -3.55. The van der Waals surface area contributed by atoms with E-state index in [9.17, 15) is 0 Å². The summed E-state index contributed by atoms with van der Waals surface area (Å²) in [5.41, 5.74) is 2.62. The molecule has 0 bridgehead atoms. The van der Waals surface area contributed by atoms with Crippen LogP contribution in [0.2, 0.25) is 0 Å². The highest BCUT2D eigenvalue weighted by Crippen LogP contribution is 2.24. The molecule has 112 valence electrons. The summed E-state index contributed by atoms with van der Waals surface area (Å²) >= 11 is 0. The van der Waals surface area contributed by atoms with E-state index in [0.717, 1.165) is 16.8 Å². The highest BCUT2D eigenvalue weighted by atomic mass is 16.5. The minimum atomic E-state index is 0.511. The number of H-pyrrole nitrogens is 2. The molecule has 2 N–H and O–H groups in total. The van der Waals surface area contributed by atoms with Gasteiger partial charge in [0, 0.05) is 29.6 Å². The molecule has 0 aliphatic rings. The molecule has 3 heterocycles. The molecule has 0 radical (unpaired) electrons. The summed E-state index contributed by atoms with van der Waals surface area (Å²) in [6.45, 7) is 0. The lowest BCUT2D eigenvalue weighted by molar-refractivity contribution is 0.463. The Balaban J connectivity index is 1.49. The normalized spacial score (nSPS) is 10.6. The lowest BCUT2D eigenvalue weighted by Crippen LogP contribution is -1.89. The van der Waals surface area contributed by atoms with Crippen molar-refractivity contribution in [2.45, 2.75) is 0 Å². The Morgan fingerprint density at radius 2 is 1.74 bits per heavy atom. The molecule has 0 aliphatic carbocycles. The lowest BCUT2D eigenvalue weighted by Gasteiger charge is -2.05. The Kier molecular flexibility index (Phi) is 3.24. The summed E-state index contributed by atoms with van der Waals surface area (Å²) in [4.78, 5) is 4.29. The zero-order valence-electron chi connectivity index (χ0n) is 11.8. The minimum absolute atomic E-state index is 0.511. The van der Waals surface area contributed by atoms with Crippen molar-refractivity contribution in [2.75, 3.05) is 0 Å². The molecule has 0 saturated heterocycles. The van der Waals surface area contributed by atoms with E-state index >= 15 is 0 Å². The number of benzene rings is 1. The highest BCUT2D eigenvalue weighted by molar-refractivity contribution is 5.58. The fourth-order valence-electron chi connectivity index (χ4n) is 2.09. The van der Waals surface area contributed by atoms with E-state index in [1.165, 1.54) is 0 Å². The Labute approximate surface area is 130 Å². The van der Waals surface area contributed by atoms with Crippen LogP contribution in [0.5, 0.6) is 11.6 Å². The minimum Gasteiger partial charge on any atom is -0.439 e. The largest absolute Gasteiger partial charge is 0.439 e.